The lowest BCUT2D eigenvalue weighted by molar-refractivity contribution is -0.126. The lowest BCUT2D eigenvalue weighted by Crippen LogP contribution is -2.31. The first-order chi connectivity index (χ1) is 8.34. The summed E-state index contributed by atoms with van der Waals surface area (Å²) in [6.45, 7) is 7.50. The van der Waals surface area contributed by atoms with E-state index >= 15 is 0 Å². The molecule has 4 nitrogen and oxygen atoms in total. The number of carbonyl (C=O) groups is 3. The van der Waals surface area contributed by atoms with E-state index in [0.717, 1.165) is 6.42 Å². The van der Waals surface area contributed by atoms with Crippen molar-refractivity contribution in [2.75, 3.05) is 6.54 Å². The smallest absolute Gasteiger partial charge is 0.220 e. The molecule has 0 aromatic heterocycles. The summed E-state index contributed by atoms with van der Waals surface area (Å²) in [5.74, 6) is 0.196. The van der Waals surface area contributed by atoms with Gasteiger partial charge in [0.15, 0.2) is 5.78 Å². The van der Waals surface area contributed by atoms with Gasteiger partial charge < -0.3 is 5.32 Å². The Balaban J connectivity index is 3.60. The topological polar surface area (TPSA) is 63.2 Å². The summed E-state index contributed by atoms with van der Waals surface area (Å²) in [5.41, 5.74) is 0. The number of ketones is 2. The molecule has 0 aliphatic rings. The van der Waals surface area contributed by atoms with Gasteiger partial charge in [-0.15, -0.1) is 0 Å². The molecule has 0 rings (SSSR count). The van der Waals surface area contributed by atoms with Crippen molar-refractivity contribution in [2.45, 2.75) is 53.4 Å². The maximum atomic E-state index is 11.4. The Morgan fingerprint density at radius 1 is 0.833 bits per heavy atom. The molecule has 1 N–H and O–H groups in total. The third kappa shape index (κ3) is 7.98. The van der Waals surface area contributed by atoms with Crippen molar-refractivity contribution in [2.24, 2.45) is 11.8 Å². The Hall–Kier alpha value is -1.19. The van der Waals surface area contributed by atoms with E-state index in [1.165, 1.54) is 0 Å². The molecule has 0 heterocycles. The van der Waals surface area contributed by atoms with Crippen molar-refractivity contribution in [3.63, 3.8) is 0 Å². The summed E-state index contributed by atoms with van der Waals surface area (Å²) in [4.78, 5) is 34.0. The number of hydrogen-bond acceptors (Lipinski definition) is 3. The molecular formula is C14H25NO3. The van der Waals surface area contributed by atoms with Crippen LogP contribution in [0.4, 0.5) is 0 Å². The van der Waals surface area contributed by atoms with Crippen LogP contribution in [0, 0.1) is 11.8 Å². The van der Waals surface area contributed by atoms with Crippen LogP contribution in [0.5, 0.6) is 0 Å². The highest BCUT2D eigenvalue weighted by molar-refractivity contribution is 5.87. The minimum absolute atomic E-state index is 0.0401. The number of unbranched alkanes of at least 4 members (excludes halogenated alkanes) is 1. The summed E-state index contributed by atoms with van der Waals surface area (Å²) in [5, 5.41) is 2.60. The van der Waals surface area contributed by atoms with Crippen LogP contribution in [-0.4, -0.2) is 24.0 Å². The number of amides is 1. The summed E-state index contributed by atoms with van der Waals surface area (Å²) in [6.07, 6.45) is 2.36. The van der Waals surface area contributed by atoms with Gasteiger partial charge in [0, 0.05) is 24.7 Å². The molecule has 0 saturated heterocycles. The lowest BCUT2D eigenvalue weighted by Gasteiger charge is -2.07. The SMILES string of the molecule is CC(C)C(=O)CCCCC(=O)NCC(=O)C(C)C. The van der Waals surface area contributed by atoms with Gasteiger partial charge >= 0.3 is 0 Å². The Labute approximate surface area is 110 Å². The molecular weight excluding hydrogens is 230 g/mol. The molecule has 0 aromatic rings. The fourth-order valence-electron chi connectivity index (χ4n) is 1.35. The molecule has 0 bridgehead atoms. The molecule has 4 heteroatoms. The summed E-state index contributed by atoms with van der Waals surface area (Å²) in [6, 6.07) is 0. The second-order valence-electron chi connectivity index (χ2n) is 5.23. The summed E-state index contributed by atoms with van der Waals surface area (Å²) >= 11 is 0. The van der Waals surface area contributed by atoms with Crippen LogP contribution in [0.2, 0.25) is 0 Å². The van der Waals surface area contributed by atoms with Crippen molar-refractivity contribution in [1.29, 1.82) is 0 Å². The van der Waals surface area contributed by atoms with Crippen LogP contribution in [0.25, 0.3) is 0 Å². The van der Waals surface area contributed by atoms with E-state index in [9.17, 15) is 14.4 Å². The van der Waals surface area contributed by atoms with Gasteiger partial charge in [-0.05, 0) is 12.8 Å². The van der Waals surface area contributed by atoms with Gasteiger partial charge in [0.1, 0.15) is 5.78 Å². The molecule has 0 aliphatic heterocycles. The summed E-state index contributed by atoms with van der Waals surface area (Å²) < 4.78 is 0. The monoisotopic (exact) mass is 255 g/mol. The van der Waals surface area contributed by atoms with Gasteiger partial charge in [-0.2, -0.15) is 0 Å². The van der Waals surface area contributed by atoms with Crippen LogP contribution >= 0.6 is 0 Å². The molecule has 0 atom stereocenters. The maximum Gasteiger partial charge on any atom is 0.220 e. The minimum atomic E-state index is -0.110. The zero-order valence-electron chi connectivity index (χ0n) is 11.9. The molecule has 0 aliphatic carbocycles. The van der Waals surface area contributed by atoms with E-state index in [-0.39, 0.29) is 35.9 Å². The minimum Gasteiger partial charge on any atom is -0.349 e. The third-order valence-corrected chi connectivity index (χ3v) is 2.82. The van der Waals surface area contributed by atoms with E-state index < -0.39 is 0 Å². The molecule has 1 amide bonds. The molecule has 104 valence electrons. The average molecular weight is 255 g/mol. The zero-order chi connectivity index (χ0) is 14.1. The highest BCUT2D eigenvalue weighted by atomic mass is 16.2. The van der Waals surface area contributed by atoms with Gasteiger partial charge in [-0.1, -0.05) is 27.7 Å². The Bertz CT molecular complexity index is 295. The van der Waals surface area contributed by atoms with Crippen LogP contribution in [-0.2, 0) is 14.4 Å². The van der Waals surface area contributed by atoms with Crippen LogP contribution in [0.1, 0.15) is 53.4 Å². The van der Waals surface area contributed by atoms with Crippen molar-refractivity contribution in [3.05, 3.63) is 0 Å². The molecule has 0 saturated carbocycles. The van der Waals surface area contributed by atoms with Crippen molar-refractivity contribution >= 4 is 17.5 Å². The Morgan fingerprint density at radius 3 is 1.83 bits per heavy atom. The van der Waals surface area contributed by atoms with E-state index in [2.05, 4.69) is 5.32 Å². The first-order valence-corrected chi connectivity index (χ1v) is 6.66. The predicted octanol–water partition coefficient (Wildman–Crippen LogP) is 2.11. The fourth-order valence-corrected chi connectivity index (χ4v) is 1.35. The number of rotatable bonds is 9. The summed E-state index contributed by atoms with van der Waals surface area (Å²) in [7, 11) is 0. The number of carbonyl (C=O) groups excluding carboxylic acids is 3. The van der Waals surface area contributed by atoms with Gasteiger partial charge in [0.25, 0.3) is 0 Å². The van der Waals surface area contributed by atoms with Crippen LogP contribution < -0.4 is 5.32 Å². The Kier molecular flexibility index (Phi) is 8.25. The van der Waals surface area contributed by atoms with Crippen LogP contribution in [0.3, 0.4) is 0 Å². The third-order valence-electron chi connectivity index (χ3n) is 2.82. The van der Waals surface area contributed by atoms with Crippen LogP contribution in [0.15, 0.2) is 0 Å². The molecule has 0 spiro atoms. The molecule has 0 unspecified atom stereocenters. The van der Waals surface area contributed by atoms with E-state index in [4.69, 9.17) is 0 Å². The molecule has 0 fully saturated rings. The zero-order valence-corrected chi connectivity index (χ0v) is 11.9. The standard InChI is InChI=1S/C14H25NO3/c1-10(2)12(16)7-5-6-8-14(18)15-9-13(17)11(3)4/h10-11H,5-9H2,1-4H3,(H,15,18). The fraction of sp³-hybridized carbons (Fsp3) is 0.786. The first-order valence-electron chi connectivity index (χ1n) is 6.66. The van der Waals surface area contributed by atoms with E-state index in [0.29, 0.717) is 19.3 Å². The second-order valence-corrected chi connectivity index (χ2v) is 5.23. The predicted molar refractivity (Wildman–Crippen MR) is 71.2 cm³/mol. The average Bonchev–Trinajstić information content (AvgIpc) is 2.30. The quantitative estimate of drug-likeness (QED) is 0.642. The Morgan fingerprint density at radius 2 is 1.33 bits per heavy atom. The van der Waals surface area contributed by atoms with Crippen molar-refractivity contribution in [3.8, 4) is 0 Å². The second kappa shape index (κ2) is 8.84. The number of hydrogen-bond donors (Lipinski definition) is 1. The van der Waals surface area contributed by atoms with Gasteiger partial charge in [-0.25, -0.2) is 0 Å². The van der Waals surface area contributed by atoms with Gasteiger partial charge in [0.2, 0.25) is 5.91 Å². The largest absolute Gasteiger partial charge is 0.349 e. The maximum absolute atomic E-state index is 11.4. The lowest BCUT2D eigenvalue weighted by atomic mass is 10.0. The first kappa shape index (κ1) is 16.8. The number of Topliss-reactive ketones (excluding diaryl/α,β-unsaturated/α-hetero) is 2. The van der Waals surface area contributed by atoms with Gasteiger partial charge in [-0.3, -0.25) is 14.4 Å². The van der Waals surface area contributed by atoms with Gasteiger partial charge in [0.05, 0.1) is 6.54 Å². The highest BCUT2D eigenvalue weighted by Crippen LogP contribution is 2.06. The van der Waals surface area contributed by atoms with E-state index in [1.54, 1.807) is 0 Å². The molecule has 0 radical (unpaired) electrons. The number of nitrogens with one attached hydrogen (secondary N) is 1. The van der Waals surface area contributed by atoms with Crippen molar-refractivity contribution < 1.29 is 14.4 Å². The molecule has 0 aromatic carbocycles. The molecule has 18 heavy (non-hydrogen) atoms. The normalized spacial score (nSPS) is 10.8. The highest BCUT2D eigenvalue weighted by Gasteiger charge is 2.10. The van der Waals surface area contributed by atoms with Crippen molar-refractivity contribution in [1.82, 2.24) is 5.32 Å². The van der Waals surface area contributed by atoms with E-state index in [1.807, 2.05) is 27.7 Å².